The van der Waals surface area contributed by atoms with E-state index in [4.69, 9.17) is 0 Å². The zero-order chi connectivity index (χ0) is 16.1. The molecule has 1 fully saturated rings. The van der Waals surface area contributed by atoms with Crippen molar-refractivity contribution in [1.82, 2.24) is 4.90 Å². The van der Waals surface area contributed by atoms with Gasteiger partial charge in [0.25, 0.3) is 0 Å². The number of benzene rings is 1. The third kappa shape index (κ3) is 4.33. The van der Waals surface area contributed by atoms with E-state index in [0.717, 1.165) is 23.6 Å². The van der Waals surface area contributed by atoms with Crippen molar-refractivity contribution in [3.8, 4) is 0 Å². The summed E-state index contributed by atoms with van der Waals surface area (Å²) in [5, 5.41) is 3.13. The molecule has 0 heterocycles. The summed E-state index contributed by atoms with van der Waals surface area (Å²) in [5.41, 5.74) is 3.35. The van der Waals surface area contributed by atoms with E-state index < -0.39 is 0 Å². The Balaban J connectivity index is 1.93. The van der Waals surface area contributed by atoms with E-state index in [1.165, 1.54) is 31.2 Å². The number of hydrogen-bond donors (Lipinski definition) is 1. The lowest BCUT2D eigenvalue weighted by Crippen LogP contribution is -2.40. The van der Waals surface area contributed by atoms with Crippen molar-refractivity contribution in [3.05, 3.63) is 29.3 Å². The highest BCUT2D eigenvalue weighted by molar-refractivity contribution is 5.93. The summed E-state index contributed by atoms with van der Waals surface area (Å²) in [6.07, 6.45) is 5.95. The molecule has 1 saturated carbocycles. The average molecular weight is 302 g/mol. The number of amides is 1. The maximum atomic E-state index is 12.4. The van der Waals surface area contributed by atoms with Gasteiger partial charge in [-0.3, -0.25) is 9.69 Å². The molecule has 3 heteroatoms. The molecule has 3 nitrogen and oxygen atoms in total. The van der Waals surface area contributed by atoms with Crippen molar-refractivity contribution in [3.63, 3.8) is 0 Å². The zero-order valence-corrected chi connectivity index (χ0v) is 14.5. The minimum Gasteiger partial charge on any atom is -0.324 e. The molecule has 0 bridgehead atoms. The SMILES string of the molecule is CCc1cccc(C)c1NC(=O)CN(C)C1CCC(C)CC1. The molecule has 1 N–H and O–H groups in total. The molecule has 1 aromatic carbocycles. The van der Waals surface area contributed by atoms with E-state index in [1.807, 2.05) is 0 Å². The summed E-state index contributed by atoms with van der Waals surface area (Å²) < 4.78 is 0. The summed E-state index contributed by atoms with van der Waals surface area (Å²) in [5.74, 6) is 0.947. The molecule has 1 aromatic rings. The number of aryl methyl sites for hydroxylation is 2. The fourth-order valence-corrected chi connectivity index (χ4v) is 3.42. The van der Waals surface area contributed by atoms with Crippen LogP contribution in [0.1, 0.15) is 50.7 Å². The predicted molar refractivity (Wildman–Crippen MR) is 93.2 cm³/mol. The molecule has 0 saturated heterocycles. The lowest BCUT2D eigenvalue weighted by molar-refractivity contribution is -0.117. The summed E-state index contributed by atoms with van der Waals surface area (Å²) >= 11 is 0. The molecule has 2 rings (SSSR count). The second-order valence-electron chi connectivity index (χ2n) is 6.84. The third-order valence-electron chi connectivity index (χ3n) is 5.01. The van der Waals surface area contributed by atoms with Crippen LogP contribution in [0.4, 0.5) is 5.69 Å². The standard InChI is InChI=1S/C19H30N2O/c1-5-16-8-6-7-15(3)19(16)20-18(22)13-21(4)17-11-9-14(2)10-12-17/h6-8,14,17H,5,9-13H2,1-4H3,(H,20,22). The van der Waals surface area contributed by atoms with Gasteiger partial charge in [-0.1, -0.05) is 32.0 Å². The van der Waals surface area contributed by atoms with Crippen LogP contribution >= 0.6 is 0 Å². The number of likely N-dealkylation sites (N-methyl/N-ethyl adjacent to an activating group) is 1. The number of hydrogen-bond acceptors (Lipinski definition) is 2. The van der Waals surface area contributed by atoms with Crippen molar-refractivity contribution >= 4 is 11.6 Å². The Morgan fingerprint density at radius 2 is 1.95 bits per heavy atom. The van der Waals surface area contributed by atoms with Gasteiger partial charge in [0.2, 0.25) is 5.91 Å². The molecule has 1 aliphatic rings. The normalized spacial score (nSPS) is 21.9. The maximum Gasteiger partial charge on any atom is 0.238 e. The van der Waals surface area contributed by atoms with Gasteiger partial charge in [0, 0.05) is 11.7 Å². The molecule has 0 atom stereocenters. The van der Waals surface area contributed by atoms with Crippen molar-refractivity contribution < 1.29 is 4.79 Å². The van der Waals surface area contributed by atoms with Crippen molar-refractivity contribution in [2.75, 3.05) is 18.9 Å². The molecule has 122 valence electrons. The van der Waals surface area contributed by atoms with Crippen LogP contribution in [0.2, 0.25) is 0 Å². The highest BCUT2D eigenvalue weighted by Gasteiger charge is 2.23. The largest absolute Gasteiger partial charge is 0.324 e. The second-order valence-corrected chi connectivity index (χ2v) is 6.84. The van der Waals surface area contributed by atoms with Gasteiger partial charge in [0.05, 0.1) is 6.54 Å². The Hall–Kier alpha value is -1.35. The predicted octanol–water partition coefficient (Wildman–Crippen LogP) is 4.01. The van der Waals surface area contributed by atoms with Gasteiger partial charge in [-0.25, -0.2) is 0 Å². The first kappa shape index (κ1) is 17.0. The average Bonchev–Trinajstić information content (AvgIpc) is 2.49. The molecule has 0 aromatic heterocycles. The van der Waals surface area contributed by atoms with Gasteiger partial charge < -0.3 is 5.32 Å². The summed E-state index contributed by atoms with van der Waals surface area (Å²) in [6.45, 7) is 6.99. The molecular formula is C19H30N2O. The monoisotopic (exact) mass is 302 g/mol. The van der Waals surface area contributed by atoms with Crippen LogP contribution < -0.4 is 5.32 Å². The molecule has 1 amide bonds. The zero-order valence-electron chi connectivity index (χ0n) is 14.5. The molecule has 1 aliphatic carbocycles. The minimum absolute atomic E-state index is 0.102. The van der Waals surface area contributed by atoms with Crippen molar-refractivity contribution in [2.45, 2.75) is 58.9 Å². The van der Waals surface area contributed by atoms with E-state index in [0.29, 0.717) is 12.6 Å². The first-order valence-electron chi connectivity index (χ1n) is 8.59. The van der Waals surface area contributed by atoms with Gasteiger partial charge in [-0.15, -0.1) is 0 Å². The van der Waals surface area contributed by atoms with Gasteiger partial charge in [0.15, 0.2) is 0 Å². The Morgan fingerprint density at radius 3 is 2.59 bits per heavy atom. The van der Waals surface area contributed by atoms with Gasteiger partial charge >= 0.3 is 0 Å². The Labute approximate surface area is 135 Å². The molecule has 22 heavy (non-hydrogen) atoms. The van der Waals surface area contributed by atoms with Gasteiger partial charge in [0.1, 0.15) is 0 Å². The van der Waals surface area contributed by atoms with Gasteiger partial charge in [-0.05, 0) is 63.1 Å². The summed E-state index contributed by atoms with van der Waals surface area (Å²) in [4.78, 5) is 14.6. The highest BCUT2D eigenvalue weighted by atomic mass is 16.2. The lowest BCUT2D eigenvalue weighted by atomic mass is 9.87. The number of anilines is 1. The highest BCUT2D eigenvalue weighted by Crippen LogP contribution is 2.26. The fraction of sp³-hybridized carbons (Fsp3) is 0.632. The Bertz CT molecular complexity index is 504. The summed E-state index contributed by atoms with van der Waals surface area (Å²) in [6, 6.07) is 6.76. The quantitative estimate of drug-likeness (QED) is 0.891. The molecule has 0 unspecified atom stereocenters. The third-order valence-corrected chi connectivity index (χ3v) is 5.01. The number of para-hydroxylation sites is 1. The van der Waals surface area contributed by atoms with Gasteiger partial charge in [-0.2, -0.15) is 0 Å². The van der Waals surface area contributed by atoms with E-state index in [-0.39, 0.29) is 5.91 Å². The van der Waals surface area contributed by atoms with Crippen LogP contribution in [0.3, 0.4) is 0 Å². The van der Waals surface area contributed by atoms with E-state index in [9.17, 15) is 4.79 Å². The Morgan fingerprint density at radius 1 is 1.27 bits per heavy atom. The number of carbonyl (C=O) groups is 1. The van der Waals surface area contributed by atoms with Crippen LogP contribution in [-0.2, 0) is 11.2 Å². The van der Waals surface area contributed by atoms with Crippen molar-refractivity contribution in [1.29, 1.82) is 0 Å². The molecule has 0 aliphatic heterocycles. The van der Waals surface area contributed by atoms with E-state index >= 15 is 0 Å². The first-order chi connectivity index (χ1) is 10.5. The summed E-state index contributed by atoms with van der Waals surface area (Å²) in [7, 11) is 2.08. The molecule has 0 spiro atoms. The second kappa shape index (κ2) is 7.77. The van der Waals surface area contributed by atoms with Crippen LogP contribution in [0, 0.1) is 12.8 Å². The number of nitrogens with one attached hydrogen (secondary N) is 1. The van der Waals surface area contributed by atoms with Crippen LogP contribution in [0.15, 0.2) is 18.2 Å². The molecular weight excluding hydrogens is 272 g/mol. The smallest absolute Gasteiger partial charge is 0.238 e. The van der Waals surface area contributed by atoms with E-state index in [1.54, 1.807) is 0 Å². The van der Waals surface area contributed by atoms with Crippen molar-refractivity contribution in [2.24, 2.45) is 5.92 Å². The van der Waals surface area contributed by atoms with E-state index in [2.05, 4.69) is 56.2 Å². The topological polar surface area (TPSA) is 32.3 Å². The van der Waals surface area contributed by atoms with Crippen LogP contribution in [-0.4, -0.2) is 30.4 Å². The fourth-order valence-electron chi connectivity index (χ4n) is 3.42. The first-order valence-corrected chi connectivity index (χ1v) is 8.59. The minimum atomic E-state index is 0.102. The lowest BCUT2D eigenvalue weighted by Gasteiger charge is -2.33. The maximum absolute atomic E-state index is 12.4. The Kier molecular flexibility index (Phi) is 6.01. The van der Waals surface area contributed by atoms with Crippen LogP contribution in [0.25, 0.3) is 0 Å². The number of rotatable bonds is 5. The van der Waals surface area contributed by atoms with Crippen LogP contribution in [0.5, 0.6) is 0 Å². The number of carbonyl (C=O) groups excluding carboxylic acids is 1. The molecule has 0 radical (unpaired) electrons. The number of nitrogens with zero attached hydrogens (tertiary/aromatic N) is 1.